The zero-order valence-corrected chi connectivity index (χ0v) is 27.9. The van der Waals surface area contributed by atoms with Crippen molar-refractivity contribution in [3.8, 4) is 51.3 Å². The fourth-order valence-corrected chi connectivity index (χ4v) is 7.21. The van der Waals surface area contributed by atoms with Crippen LogP contribution >= 0.6 is 22.9 Å². The molecule has 11 heteroatoms. The van der Waals surface area contributed by atoms with Gasteiger partial charge in [-0.25, -0.2) is 9.97 Å². The Labute approximate surface area is 272 Å². The van der Waals surface area contributed by atoms with Gasteiger partial charge >= 0.3 is 0 Å². The Balaban J connectivity index is 1.48. The number of benzene rings is 2. The molecule has 1 saturated heterocycles. The van der Waals surface area contributed by atoms with Crippen molar-refractivity contribution in [2.75, 3.05) is 34.4 Å². The first-order valence-corrected chi connectivity index (χ1v) is 16.1. The predicted molar refractivity (Wildman–Crippen MR) is 177 cm³/mol. The van der Waals surface area contributed by atoms with Gasteiger partial charge in [0.15, 0.2) is 0 Å². The number of thiazole rings is 1. The highest BCUT2D eigenvalue weighted by Gasteiger charge is 2.35. The number of aryl methyl sites for hydroxylation is 3. The van der Waals surface area contributed by atoms with Crippen LogP contribution in [-0.2, 0) is 6.42 Å². The van der Waals surface area contributed by atoms with E-state index in [1.807, 2.05) is 26.8 Å². The summed E-state index contributed by atoms with van der Waals surface area (Å²) in [6, 6.07) is 9.07. The maximum absolute atomic E-state index is 14.0. The number of hydrogen-bond donors (Lipinski definition) is 2. The molecule has 45 heavy (non-hydrogen) atoms. The van der Waals surface area contributed by atoms with Gasteiger partial charge < -0.3 is 29.3 Å². The summed E-state index contributed by atoms with van der Waals surface area (Å²) in [5.74, 6) is 0.268. The van der Waals surface area contributed by atoms with E-state index in [1.54, 1.807) is 47.6 Å². The number of carbonyl (C=O) groups excluding carboxylic acids is 1. The number of aromatic nitrogens is 2. The maximum atomic E-state index is 14.0. The fraction of sp³-hybridized carbons (Fsp3) is 0.382. The summed E-state index contributed by atoms with van der Waals surface area (Å²) in [6.45, 7) is 6.84. The quantitative estimate of drug-likeness (QED) is 0.181. The summed E-state index contributed by atoms with van der Waals surface area (Å²) < 4.78 is 16.7. The van der Waals surface area contributed by atoms with Crippen LogP contribution in [0.2, 0.25) is 5.02 Å². The Hall–Kier alpha value is -4.02. The van der Waals surface area contributed by atoms with E-state index in [1.165, 1.54) is 14.2 Å². The number of carbonyl (C=O) groups is 1. The smallest absolute Gasteiger partial charge is 0.263 e. The van der Waals surface area contributed by atoms with Crippen LogP contribution in [0.4, 0.5) is 0 Å². The van der Waals surface area contributed by atoms with E-state index in [0.29, 0.717) is 65.0 Å². The van der Waals surface area contributed by atoms with Gasteiger partial charge in [-0.2, -0.15) is 0 Å². The van der Waals surface area contributed by atoms with Gasteiger partial charge in [0, 0.05) is 29.4 Å². The molecular weight excluding hydrogens is 614 g/mol. The van der Waals surface area contributed by atoms with Gasteiger partial charge in [-0.05, 0) is 62.9 Å². The van der Waals surface area contributed by atoms with Crippen LogP contribution in [0.25, 0.3) is 22.4 Å². The lowest BCUT2D eigenvalue weighted by Crippen LogP contribution is -2.29. The standard InChI is InChI=1S/C34H38ClN3O6S/c1-7-8-10-23-27(28-24(42-4)11-9-12-25(28)43-5)31(39)29(32(40)36-23)34(41)38-14-13-20(17-38)33-37-30(19(3)45-33)21-15-18(2)26(44-6)16-22(21)35/h9,11-12,15-16,20H,7-8,10,13-14,17H2,1-6H3,(H2,36,39,40). The Morgan fingerprint density at radius 2 is 1.73 bits per heavy atom. The van der Waals surface area contributed by atoms with E-state index in [0.717, 1.165) is 39.5 Å². The van der Waals surface area contributed by atoms with Crippen molar-refractivity contribution in [1.82, 2.24) is 14.9 Å². The van der Waals surface area contributed by atoms with Gasteiger partial charge in [0.1, 0.15) is 28.6 Å². The molecule has 5 rings (SSSR count). The van der Waals surface area contributed by atoms with Crippen molar-refractivity contribution >= 4 is 28.8 Å². The minimum atomic E-state index is -0.500. The number of aromatic hydroxyl groups is 2. The lowest BCUT2D eigenvalue weighted by atomic mass is 9.95. The zero-order chi connectivity index (χ0) is 32.4. The van der Waals surface area contributed by atoms with Gasteiger partial charge in [0.05, 0.1) is 53.9 Å². The molecule has 238 valence electrons. The lowest BCUT2D eigenvalue weighted by molar-refractivity contribution is 0.0783. The van der Waals surface area contributed by atoms with Crippen molar-refractivity contribution in [3.05, 3.63) is 62.1 Å². The lowest BCUT2D eigenvalue weighted by Gasteiger charge is -2.22. The van der Waals surface area contributed by atoms with Gasteiger partial charge in [-0.15, -0.1) is 11.3 Å². The average Bonchev–Trinajstić information content (AvgIpc) is 3.67. The second-order valence-electron chi connectivity index (χ2n) is 11.1. The van der Waals surface area contributed by atoms with E-state index < -0.39 is 11.8 Å². The molecule has 0 bridgehead atoms. The number of methoxy groups -OCH3 is 3. The van der Waals surface area contributed by atoms with Crippen LogP contribution in [0.1, 0.15) is 63.6 Å². The van der Waals surface area contributed by atoms with E-state index in [-0.39, 0.29) is 17.2 Å². The first-order valence-electron chi connectivity index (χ1n) is 14.9. The normalized spacial score (nSPS) is 14.6. The third-order valence-corrected chi connectivity index (χ3v) is 9.71. The van der Waals surface area contributed by atoms with Crippen LogP contribution in [0.5, 0.6) is 28.9 Å². The third kappa shape index (κ3) is 6.13. The summed E-state index contributed by atoms with van der Waals surface area (Å²) in [7, 11) is 4.67. The summed E-state index contributed by atoms with van der Waals surface area (Å²) in [5.41, 5.74) is 3.63. The highest BCUT2D eigenvalue weighted by atomic mass is 35.5. The number of likely N-dealkylation sites (tertiary alicyclic amines) is 1. The van der Waals surface area contributed by atoms with Crippen molar-refractivity contribution in [3.63, 3.8) is 0 Å². The Morgan fingerprint density at radius 3 is 2.38 bits per heavy atom. The molecule has 0 aliphatic carbocycles. The minimum Gasteiger partial charge on any atom is -0.506 e. The Kier molecular flexibility index (Phi) is 9.74. The first kappa shape index (κ1) is 32.4. The van der Waals surface area contributed by atoms with E-state index in [9.17, 15) is 15.0 Å². The number of rotatable bonds is 10. The molecule has 0 spiro atoms. The Bertz CT molecular complexity index is 1720. The highest BCUT2D eigenvalue weighted by Crippen LogP contribution is 2.48. The topological polar surface area (TPSA) is 114 Å². The van der Waals surface area contributed by atoms with E-state index in [4.69, 9.17) is 30.8 Å². The molecule has 1 aliphatic rings. The monoisotopic (exact) mass is 651 g/mol. The second-order valence-corrected chi connectivity index (χ2v) is 12.8. The van der Waals surface area contributed by atoms with Crippen LogP contribution in [0, 0.1) is 13.8 Å². The van der Waals surface area contributed by atoms with Gasteiger partial charge in [-0.1, -0.05) is 31.0 Å². The predicted octanol–water partition coefficient (Wildman–Crippen LogP) is 7.55. The van der Waals surface area contributed by atoms with Crippen molar-refractivity contribution < 1.29 is 29.2 Å². The summed E-state index contributed by atoms with van der Waals surface area (Å²) in [6.07, 6.45) is 2.82. The Morgan fingerprint density at radius 1 is 1.04 bits per heavy atom. The molecule has 2 aromatic heterocycles. The number of halogens is 1. The molecule has 2 aromatic carbocycles. The SMILES string of the molecule is CCCCc1nc(O)c(C(=O)N2CCC(c3nc(-c4cc(C)c(OC)cc4Cl)c(C)s3)C2)c(O)c1-c1c(OC)cccc1OC. The summed E-state index contributed by atoms with van der Waals surface area (Å²) >= 11 is 8.20. The van der Waals surface area contributed by atoms with Crippen LogP contribution in [0.3, 0.4) is 0 Å². The minimum absolute atomic E-state index is 0.0145. The van der Waals surface area contributed by atoms with Crippen LogP contribution in [0.15, 0.2) is 30.3 Å². The highest BCUT2D eigenvalue weighted by molar-refractivity contribution is 7.12. The number of pyridine rings is 1. The second kappa shape index (κ2) is 13.5. The van der Waals surface area contributed by atoms with E-state index >= 15 is 0 Å². The molecule has 0 radical (unpaired) electrons. The number of nitrogens with zero attached hydrogens (tertiary/aromatic N) is 3. The number of amides is 1. The zero-order valence-electron chi connectivity index (χ0n) is 26.4. The van der Waals surface area contributed by atoms with Gasteiger partial charge in [0.2, 0.25) is 5.88 Å². The van der Waals surface area contributed by atoms with Crippen molar-refractivity contribution in [1.29, 1.82) is 0 Å². The molecule has 0 saturated carbocycles. The van der Waals surface area contributed by atoms with Crippen LogP contribution in [-0.4, -0.2) is 65.4 Å². The largest absolute Gasteiger partial charge is 0.506 e. The molecule has 1 amide bonds. The van der Waals surface area contributed by atoms with Gasteiger partial charge in [0.25, 0.3) is 5.91 Å². The fourth-order valence-electron chi connectivity index (χ4n) is 5.90. The summed E-state index contributed by atoms with van der Waals surface area (Å²) in [5, 5.41) is 24.2. The molecule has 4 aromatic rings. The molecule has 3 heterocycles. The molecule has 1 atom stereocenters. The molecule has 1 aliphatic heterocycles. The van der Waals surface area contributed by atoms with Crippen molar-refractivity contribution in [2.24, 2.45) is 0 Å². The van der Waals surface area contributed by atoms with Crippen molar-refractivity contribution in [2.45, 2.75) is 52.4 Å². The first-order chi connectivity index (χ1) is 21.6. The molecule has 1 fully saturated rings. The van der Waals surface area contributed by atoms with Gasteiger partial charge in [-0.3, -0.25) is 4.79 Å². The number of unbranched alkanes of at least 4 members (excludes halogenated alkanes) is 1. The summed E-state index contributed by atoms with van der Waals surface area (Å²) in [4.78, 5) is 26.1. The molecular formula is C34H38ClN3O6S. The molecule has 2 N–H and O–H groups in total. The molecule has 9 nitrogen and oxygen atoms in total. The average molecular weight is 652 g/mol. The number of ether oxygens (including phenoxy) is 3. The number of hydrogen-bond acceptors (Lipinski definition) is 9. The van der Waals surface area contributed by atoms with Crippen LogP contribution < -0.4 is 14.2 Å². The third-order valence-electron chi connectivity index (χ3n) is 8.26. The maximum Gasteiger partial charge on any atom is 0.263 e. The van der Waals surface area contributed by atoms with E-state index in [2.05, 4.69) is 4.98 Å². The molecule has 1 unspecified atom stereocenters.